The SMILES string of the molecule is CC.Cc1cccc(C(=O)O)c1COc1ccn(S)n1. The summed E-state index contributed by atoms with van der Waals surface area (Å²) in [6.45, 7) is 6.02. The van der Waals surface area contributed by atoms with Crippen molar-refractivity contribution in [1.29, 1.82) is 0 Å². The van der Waals surface area contributed by atoms with Gasteiger partial charge in [-0.1, -0.05) is 26.0 Å². The van der Waals surface area contributed by atoms with Gasteiger partial charge >= 0.3 is 5.97 Å². The number of carboxylic acid groups (broad SMARTS) is 1. The molecule has 108 valence electrons. The highest BCUT2D eigenvalue weighted by atomic mass is 32.1. The lowest BCUT2D eigenvalue weighted by atomic mass is 10.0. The van der Waals surface area contributed by atoms with E-state index in [-0.39, 0.29) is 12.2 Å². The van der Waals surface area contributed by atoms with Crippen molar-refractivity contribution in [1.82, 2.24) is 9.19 Å². The molecule has 0 atom stereocenters. The average Bonchev–Trinajstić information content (AvgIpc) is 2.85. The van der Waals surface area contributed by atoms with Gasteiger partial charge in [-0.25, -0.2) is 8.88 Å². The third-order valence-electron chi connectivity index (χ3n) is 2.56. The second kappa shape index (κ2) is 7.59. The minimum Gasteiger partial charge on any atom is -0.478 e. The molecule has 0 radical (unpaired) electrons. The quantitative estimate of drug-likeness (QED) is 0.850. The Labute approximate surface area is 123 Å². The fraction of sp³-hybridized carbons (Fsp3) is 0.286. The van der Waals surface area contributed by atoms with Gasteiger partial charge in [0.2, 0.25) is 5.88 Å². The monoisotopic (exact) mass is 294 g/mol. The number of hydrogen-bond donors (Lipinski definition) is 2. The van der Waals surface area contributed by atoms with Gasteiger partial charge < -0.3 is 9.84 Å². The topological polar surface area (TPSA) is 64.3 Å². The Bertz CT molecular complexity index is 582. The Morgan fingerprint density at radius 3 is 2.65 bits per heavy atom. The summed E-state index contributed by atoms with van der Waals surface area (Å²) in [7, 11) is 0. The molecule has 2 aromatic rings. The number of ether oxygens (including phenoxy) is 1. The molecule has 1 aromatic heterocycles. The van der Waals surface area contributed by atoms with Crippen molar-refractivity contribution < 1.29 is 14.6 Å². The highest BCUT2D eigenvalue weighted by Gasteiger charge is 2.12. The van der Waals surface area contributed by atoms with Crippen LogP contribution in [0, 0.1) is 6.92 Å². The standard InChI is InChI=1S/C12H12N2O3S.C2H6/c1-8-3-2-4-9(12(15)16)10(8)7-17-11-5-6-14(18)13-11;1-2/h2-6,18H,7H2,1H3,(H,15,16);1-2H3. The molecule has 1 aromatic carbocycles. The smallest absolute Gasteiger partial charge is 0.336 e. The lowest BCUT2D eigenvalue weighted by Crippen LogP contribution is -2.07. The molecule has 0 aliphatic heterocycles. The van der Waals surface area contributed by atoms with Gasteiger partial charge in [0.1, 0.15) is 6.61 Å². The maximum atomic E-state index is 11.1. The van der Waals surface area contributed by atoms with Crippen molar-refractivity contribution in [2.45, 2.75) is 27.4 Å². The van der Waals surface area contributed by atoms with Crippen LogP contribution in [0.5, 0.6) is 5.88 Å². The number of aromatic carboxylic acids is 1. The number of aryl methyl sites for hydroxylation is 1. The lowest BCUT2D eigenvalue weighted by molar-refractivity contribution is 0.0693. The van der Waals surface area contributed by atoms with Crippen LogP contribution in [0.3, 0.4) is 0 Å². The maximum Gasteiger partial charge on any atom is 0.336 e. The first-order chi connectivity index (χ1) is 9.58. The summed E-state index contributed by atoms with van der Waals surface area (Å²) in [4.78, 5) is 11.1. The van der Waals surface area contributed by atoms with Crippen LogP contribution in [0.15, 0.2) is 30.5 Å². The second-order valence-corrected chi connectivity index (χ2v) is 4.18. The number of carbonyl (C=O) groups is 1. The summed E-state index contributed by atoms with van der Waals surface area (Å²) < 4.78 is 6.77. The second-order valence-electron chi connectivity index (χ2n) is 3.77. The van der Waals surface area contributed by atoms with Gasteiger partial charge in [0.05, 0.1) is 5.56 Å². The third kappa shape index (κ3) is 4.03. The molecule has 0 saturated heterocycles. The van der Waals surface area contributed by atoms with Crippen LogP contribution in [-0.2, 0) is 6.61 Å². The van der Waals surface area contributed by atoms with E-state index < -0.39 is 5.97 Å². The summed E-state index contributed by atoms with van der Waals surface area (Å²) >= 11 is 3.99. The molecule has 1 N–H and O–H groups in total. The van der Waals surface area contributed by atoms with Crippen molar-refractivity contribution in [3.8, 4) is 5.88 Å². The molecule has 0 bridgehead atoms. The molecule has 0 amide bonds. The molecule has 0 saturated carbocycles. The molecule has 0 fully saturated rings. The van der Waals surface area contributed by atoms with Gasteiger partial charge in [-0.15, -0.1) is 5.10 Å². The number of benzene rings is 1. The van der Waals surface area contributed by atoms with E-state index in [1.807, 2.05) is 26.8 Å². The molecular weight excluding hydrogens is 276 g/mol. The average molecular weight is 294 g/mol. The largest absolute Gasteiger partial charge is 0.478 e. The maximum absolute atomic E-state index is 11.1. The highest BCUT2D eigenvalue weighted by Crippen LogP contribution is 2.17. The van der Waals surface area contributed by atoms with Gasteiger partial charge in [-0.2, -0.15) is 0 Å². The van der Waals surface area contributed by atoms with Crippen molar-refractivity contribution in [3.05, 3.63) is 47.2 Å². The van der Waals surface area contributed by atoms with E-state index in [4.69, 9.17) is 9.84 Å². The first-order valence-electron chi connectivity index (χ1n) is 6.27. The zero-order valence-corrected chi connectivity index (χ0v) is 12.6. The van der Waals surface area contributed by atoms with Crippen LogP contribution < -0.4 is 4.74 Å². The van der Waals surface area contributed by atoms with E-state index in [2.05, 4.69) is 17.9 Å². The van der Waals surface area contributed by atoms with E-state index in [1.54, 1.807) is 24.4 Å². The van der Waals surface area contributed by atoms with Crippen molar-refractivity contribution in [2.24, 2.45) is 0 Å². The Balaban J connectivity index is 0.000000956. The predicted molar refractivity (Wildman–Crippen MR) is 80.4 cm³/mol. The molecule has 1 heterocycles. The van der Waals surface area contributed by atoms with E-state index in [9.17, 15) is 4.79 Å². The predicted octanol–water partition coefficient (Wildman–Crippen LogP) is 3.19. The van der Waals surface area contributed by atoms with Gasteiger partial charge in [-0.05, 0) is 31.4 Å². The molecule has 0 unspecified atom stereocenters. The molecule has 5 nitrogen and oxygen atoms in total. The Morgan fingerprint density at radius 1 is 1.40 bits per heavy atom. The highest BCUT2D eigenvalue weighted by molar-refractivity contribution is 7.78. The summed E-state index contributed by atoms with van der Waals surface area (Å²) in [5.74, 6) is -0.554. The van der Waals surface area contributed by atoms with Gasteiger partial charge in [-0.3, -0.25) is 0 Å². The van der Waals surface area contributed by atoms with Crippen LogP contribution in [-0.4, -0.2) is 20.3 Å². The normalized spacial score (nSPS) is 9.60. The van der Waals surface area contributed by atoms with Crippen LogP contribution in [0.2, 0.25) is 0 Å². The number of aromatic nitrogens is 2. The molecule has 20 heavy (non-hydrogen) atoms. The molecule has 0 aliphatic rings. The summed E-state index contributed by atoms with van der Waals surface area (Å²) in [5, 5.41) is 13.0. The molecule has 2 rings (SSSR count). The molecular formula is C14H18N2O3S. The number of thiol groups is 1. The fourth-order valence-electron chi connectivity index (χ4n) is 1.62. The Morgan fingerprint density at radius 2 is 2.10 bits per heavy atom. The fourth-order valence-corrected chi connectivity index (χ4v) is 1.77. The Hall–Kier alpha value is -1.95. The number of nitrogens with zero attached hydrogens (tertiary/aromatic N) is 2. The van der Waals surface area contributed by atoms with Crippen molar-refractivity contribution in [2.75, 3.05) is 0 Å². The molecule has 0 spiro atoms. The van der Waals surface area contributed by atoms with Gasteiger partial charge in [0.25, 0.3) is 0 Å². The first-order valence-corrected chi connectivity index (χ1v) is 6.67. The molecule has 0 aliphatic carbocycles. The van der Waals surface area contributed by atoms with Crippen molar-refractivity contribution in [3.63, 3.8) is 0 Å². The summed E-state index contributed by atoms with van der Waals surface area (Å²) in [6, 6.07) is 6.78. The van der Waals surface area contributed by atoms with E-state index in [0.717, 1.165) is 5.56 Å². The number of rotatable bonds is 4. The van der Waals surface area contributed by atoms with Crippen LogP contribution in [0.25, 0.3) is 0 Å². The summed E-state index contributed by atoms with van der Waals surface area (Å²) in [6.07, 6.45) is 1.63. The van der Waals surface area contributed by atoms with E-state index in [0.29, 0.717) is 11.4 Å². The van der Waals surface area contributed by atoms with Crippen molar-refractivity contribution >= 4 is 18.8 Å². The van der Waals surface area contributed by atoms with Gasteiger partial charge in [0, 0.05) is 17.8 Å². The molecule has 6 heteroatoms. The zero-order valence-electron chi connectivity index (χ0n) is 11.7. The lowest BCUT2D eigenvalue weighted by Gasteiger charge is -2.09. The third-order valence-corrected chi connectivity index (χ3v) is 2.78. The number of carboxylic acids is 1. The first kappa shape index (κ1) is 16.1. The van der Waals surface area contributed by atoms with E-state index >= 15 is 0 Å². The van der Waals surface area contributed by atoms with Gasteiger partial charge in [0.15, 0.2) is 0 Å². The number of hydrogen-bond acceptors (Lipinski definition) is 4. The van der Waals surface area contributed by atoms with Crippen LogP contribution in [0.1, 0.15) is 35.3 Å². The van der Waals surface area contributed by atoms with Crippen LogP contribution >= 0.6 is 12.8 Å². The zero-order chi connectivity index (χ0) is 15.1. The van der Waals surface area contributed by atoms with E-state index in [1.165, 1.54) is 4.09 Å². The minimum atomic E-state index is -0.961. The minimum absolute atomic E-state index is 0.166. The summed E-state index contributed by atoms with van der Waals surface area (Å²) in [5.41, 5.74) is 1.78. The van der Waals surface area contributed by atoms with Crippen LogP contribution in [0.4, 0.5) is 0 Å². The Kier molecular flexibility index (Phi) is 6.11.